The fourth-order valence-corrected chi connectivity index (χ4v) is 2.60. The van der Waals surface area contributed by atoms with Crippen molar-refractivity contribution in [2.45, 2.75) is 12.6 Å². The fraction of sp³-hybridized carbons (Fsp3) is 0.125. The molecule has 1 amide bonds. The normalized spacial score (nSPS) is 14.9. The number of carboxylic acids is 1. The summed E-state index contributed by atoms with van der Waals surface area (Å²) in [6.45, 7) is 0.271. The number of nitrogens with zero attached hydrogens (tertiary/aromatic N) is 1. The summed E-state index contributed by atoms with van der Waals surface area (Å²) >= 11 is 0. The molecular weight excluding hydrogens is 270 g/mol. The Morgan fingerprint density at radius 3 is 2.38 bits per heavy atom. The Kier molecular flexibility index (Phi) is 3.10. The van der Waals surface area contributed by atoms with Gasteiger partial charge in [-0.05, 0) is 29.3 Å². The van der Waals surface area contributed by atoms with E-state index in [4.69, 9.17) is 0 Å². The van der Waals surface area contributed by atoms with Crippen molar-refractivity contribution in [2.24, 2.45) is 0 Å². The van der Waals surface area contributed by atoms with Crippen LogP contribution in [0, 0.1) is 0 Å². The smallest absolute Gasteiger partial charge is 0.331 e. The highest BCUT2D eigenvalue weighted by Crippen LogP contribution is 2.32. The summed E-state index contributed by atoms with van der Waals surface area (Å²) in [5, 5.41) is 18.8. The molecule has 0 saturated heterocycles. The maximum Gasteiger partial charge on any atom is 0.331 e. The first kappa shape index (κ1) is 13.2. The van der Waals surface area contributed by atoms with Crippen molar-refractivity contribution >= 4 is 11.9 Å². The Morgan fingerprint density at radius 2 is 1.76 bits per heavy atom. The number of aliphatic carboxylic acids is 1. The van der Waals surface area contributed by atoms with Gasteiger partial charge in [-0.2, -0.15) is 0 Å². The Hall–Kier alpha value is -2.82. The van der Waals surface area contributed by atoms with Crippen LogP contribution in [0.4, 0.5) is 0 Å². The second-order valence-corrected chi connectivity index (χ2v) is 4.92. The lowest BCUT2D eigenvalue weighted by molar-refractivity contribution is -0.142. The number of hydrogen-bond acceptors (Lipinski definition) is 3. The van der Waals surface area contributed by atoms with Gasteiger partial charge >= 0.3 is 5.97 Å². The van der Waals surface area contributed by atoms with Crippen molar-refractivity contribution in [2.75, 3.05) is 0 Å². The summed E-state index contributed by atoms with van der Waals surface area (Å²) in [6, 6.07) is 11.9. The van der Waals surface area contributed by atoms with Gasteiger partial charge in [0.2, 0.25) is 0 Å². The van der Waals surface area contributed by atoms with E-state index < -0.39 is 12.0 Å². The summed E-state index contributed by atoms with van der Waals surface area (Å²) in [7, 11) is 0. The lowest BCUT2D eigenvalue weighted by Crippen LogP contribution is -2.34. The Balaban J connectivity index is 1.99. The van der Waals surface area contributed by atoms with Crippen LogP contribution in [0.25, 0.3) is 0 Å². The van der Waals surface area contributed by atoms with Gasteiger partial charge in [-0.1, -0.05) is 30.3 Å². The molecule has 1 unspecified atom stereocenters. The zero-order valence-corrected chi connectivity index (χ0v) is 11.1. The van der Waals surface area contributed by atoms with Gasteiger partial charge in [0.05, 0.1) is 0 Å². The van der Waals surface area contributed by atoms with Crippen LogP contribution in [-0.4, -0.2) is 27.0 Å². The van der Waals surface area contributed by atoms with Crippen molar-refractivity contribution in [3.8, 4) is 5.75 Å². The minimum absolute atomic E-state index is 0.0546. The summed E-state index contributed by atoms with van der Waals surface area (Å²) in [5.41, 5.74) is 1.83. The Labute approximate surface area is 121 Å². The molecule has 0 bridgehead atoms. The number of phenolic OH excluding ortho intramolecular Hbond substituents is 1. The van der Waals surface area contributed by atoms with Crippen LogP contribution in [0.1, 0.15) is 27.5 Å². The van der Waals surface area contributed by atoms with E-state index in [0.717, 1.165) is 5.56 Å². The maximum absolute atomic E-state index is 12.4. The molecule has 0 fully saturated rings. The first-order valence-corrected chi connectivity index (χ1v) is 6.48. The van der Waals surface area contributed by atoms with Crippen molar-refractivity contribution in [3.63, 3.8) is 0 Å². The molecule has 1 aliphatic heterocycles. The monoisotopic (exact) mass is 283 g/mol. The third-order valence-electron chi connectivity index (χ3n) is 3.60. The molecular formula is C16H13NO4. The van der Waals surface area contributed by atoms with Crippen molar-refractivity contribution in [1.29, 1.82) is 0 Å². The lowest BCUT2D eigenvalue weighted by Gasteiger charge is -2.24. The molecule has 1 heterocycles. The number of aromatic hydroxyl groups is 1. The summed E-state index contributed by atoms with van der Waals surface area (Å²) < 4.78 is 0. The van der Waals surface area contributed by atoms with Crippen LogP contribution in [0.5, 0.6) is 5.75 Å². The largest absolute Gasteiger partial charge is 0.508 e. The van der Waals surface area contributed by atoms with Gasteiger partial charge in [0.15, 0.2) is 6.04 Å². The van der Waals surface area contributed by atoms with Crippen molar-refractivity contribution in [3.05, 3.63) is 65.2 Å². The van der Waals surface area contributed by atoms with E-state index in [0.29, 0.717) is 11.1 Å². The predicted molar refractivity (Wildman–Crippen MR) is 74.8 cm³/mol. The summed E-state index contributed by atoms with van der Waals surface area (Å²) in [4.78, 5) is 25.3. The standard InChI is InChI=1S/C16H13NO4/c18-12-7-5-10(6-8-12)14(16(20)21)17-9-11-3-1-2-4-13(11)15(17)19/h1-8,14,18H,9H2,(H,20,21). The highest BCUT2D eigenvalue weighted by Gasteiger charge is 2.37. The second-order valence-electron chi connectivity index (χ2n) is 4.92. The number of hydrogen-bond donors (Lipinski definition) is 2. The van der Waals surface area contributed by atoms with Crippen LogP contribution in [0.2, 0.25) is 0 Å². The number of carbonyl (C=O) groups is 2. The molecule has 106 valence electrons. The van der Waals surface area contributed by atoms with E-state index in [2.05, 4.69) is 0 Å². The van der Waals surface area contributed by atoms with Gasteiger partial charge in [-0.25, -0.2) is 4.79 Å². The van der Waals surface area contributed by atoms with Crippen LogP contribution in [-0.2, 0) is 11.3 Å². The zero-order valence-electron chi connectivity index (χ0n) is 11.1. The van der Waals surface area contributed by atoms with Gasteiger partial charge < -0.3 is 15.1 Å². The highest BCUT2D eigenvalue weighted by atomic mass is 16.4. The molecule has 0 saturated carbocycles. The van der Waals surface area contributed by atoms with E-state index in [1.165, 1.54) is 29.2 Å². The third-order valence-corrected chi connectivity index (χ3v) is 3.60. The average Bonchev–Trinajstić information content (AvgIpc) is 2.79. The lowest BCUT2D eigenvalue weighted by atomic mass is 10.1. The molecule has 0 radical (unpaired) electrons. The third kappa shape index (κ3) is 2.23. The average molecular weight is 283 g/mol. The molecule has 5 nitrogen and oxygen atoms in total. The number of carbonyl (C=O) groups excluding carboxylic acids is 1. The van der Waals surface area contributed by atoms with E-state index in [-0.39, 0.29) is 18.2 Å². The first-order valence-electron chi connectivity index (χ1n) is 6.48. The van der Waals surface area contributed by atoms with Crippen LogP contribution in [0.15, 0.2) is 48.5 Å². The van der Waals surface area contributed by atoms with E-state index in [1.807, 2.05) is 12.1 Å². The minimum Gasteiger partial charge on any atom is -0.508 e. The second kappa shape index (κ2) is 4.94. The van der Waals surface area contributed by atoms with E-state index >= 15 is 0 Å². The Bertz CT molecular complexity index is 708. The van der Waals surface area contributed by atoms with Gasteiger partial charge in [0.1, 0.15) is 5.75 Å². The molecule has 1 aliphatic rings. The van der Waals surface area contributed by atoms with Crippen molar-refractivity contribution < 1.29 is 19.8 Å². The van der Waals surface area contributed by atoms with Gasteiger partial charge in [-0.15, -0.1) is 0 Å². The van der Waals surface area contributed by atoms with Crippen molar-refractivity contribution in [1.82, 2.24) is 4.90 Å². The number of phenols is 1. The van der Waals surface area contributed by atoms with Crippen LogP contribution >= 0.6 is 0 Å². The Morgan fingerprint density at radius 1 is 1.10 bits per heavy atom. The quantitative estimate of drug-likeness (QED) is 0.905. The van der Waals surface area contributed by atoms with Gasteiger partial charge in [0.25, 0.3) is 5.91 Å². The molecule has 0 aromatic heterocycles. The molecule has 2 N–H and O–H groups in total. The summed E-state index contributed by atoms with van der Waals surface area (Å²) in [5.74, 6) is -1.33. The number of benzene rings is 2. The highest BCUT2D eigenvalue weighted by molar-refractivity contribution is 6.00. The molecule has 3 rings (SSSR count). The predicted octanol–water partition coefficient (Wildman–Crippen LogP) is 2.17. The van der Waals surface area contributed by atoms with Crippen LogP contribution < -0.4 is 0 Å². The molecule has 5 heteroatoms. The van der Waals surface area contributed by atoms with E-state index in [9.17, 15) is 19.8 Å². The first-order chi connectivity index (χ1) is 10.1. The molecule has 1 atom stereocenters. The molecule has 2 aromatic carbocycles. The minimum atomic E-state index is -1.10. The van der Waals surface area contributed by atoms with E-state index in [1.54, 1.807) is 12.1 Å². The summed E-state index contributed by atoms with van der Waals surface area (Å²) in [6.07, 6.45) is 0. The SMILES string of the molecule is O=C(O)C(c1ccc(O)cc1)N1Cc2ccccc2C1=O. The fourth-order valence-electron chi connectivity index (χ4n) is 2.60. The number of rotatable bonds is 3. The molecule has 0 aliphatic carbocycles. The molecule has 2 aromatic rings. The van der Waals surface area contributed by atoms with Gasteiger partial charge in [-0.3, -0.25) is 4.79 Å². The number of carboxylic acid groups (broad SMARTS) is 1. The number of amides is 1. The van der Waals surface area contributed by atoms with Crippen LogP contribution in [0.3, 0.4) is 0 Å². The molecule has 21 heavy (non-hydrogen) atoms. The maximum atomic E-state index is 12.4. The topological polar surface area (TPSA) is 77.8 Å². The number of fused-ring (bicyclic) bond motifs is 1. The molecule has 0 spiro atoms. The zero-order chi connectivity index (χ0) is 15.0. The van der Waals surface area contributed by atoms with Gasteiger partial charge in [0, 0.05) is 12.1 Å².